The smallest absolute Gasteiger partial charge is 0.335 e. The van der Waals surface area contributed by atoms with E-state index < -0.39 is 24.6 Å². The van der Waals surface area contributed by atoms with Crippen LogP contribution in [0.15, 0.2) is 0 Å². The Morgan fingerprint density at radius 3 is 2.17 bits per heavy atom. The van der Waals surface area contributed by atoms with Gasteiger partial charge in [-0.2, -0.15) is 0 Å². The highest BCUT2D eigenvalue weighted by atomic mass is 16.6. The maximum atomic E-state index is 11.6. The SMILES string of the molecule is CC(C)CCOC(C)C(=O)OCC(=O)NCC(=O)NC(C)(C)C. The number of nitrogens with one attached hydrogen (secondary N) is 2. The van der Waals surface area contributed by atoms with Crippen molar-refractivity contribution < 1.29 is 23.9 Å². The number of esters is 1. The summed E-state index contributed by atoms with van der Waals surface area (Å²) in [5.41, 5.74) is -0.364. The molecule has 2 amide bonds. The maximum Gasteiger partial charge on any atom is 0.335 e. The number of amides is 2. The molecule has 0 aromatic carbocycles. The third-order valence-corrected chi connectivity index (χ3v) is 2.70. The zero-order valence-corrected chi connectivity index (χ0v) is 15.0. The average molecular weight is 330 g/mol. The number of ether oxygens (including phenoxy) is 2. The van der Waals surface area contributed by atoms with E-state index in [1.54, 1.807) is 6.92 Å². The first kappa shape index (κ1) is 21.4. The summed E-state index contributed by atoms with van der Waals surface area (Å²) in [6.07, 6.45) is 0.131. The quantitative estimate of drug-likeness (QED) is 0.616. The van der Waals surface area contributed by atoms with Crippen LogP contribution in [0, 0.1) is 5.92 Å². The predicted molar refractivity (Wildman–Crippen MR) is 86.7 cm³/mol. The van der Waals surface area contributed by atoms with Crippen molar-refractivity contribution in [1.82, 2.24) is 10.6 Å². The first-order valence-corrected chi connectivity index (χ1v) is 7.87. The van der Waals surface area contributed by atoms with Crippen LogP contribution in [0.25, 0.3) is 0 Å². The van der Waals surface area contributed by atoms with Crippen molar-refractivity contribution in [2.24, 2.45) is 5.92 Å². The van der Waals surface area contributed by atoms with Crippen molar-refractivity contribution >= 4 is 17.8 Å². The van der Waals surface area contributed by atoms with Crippen LogP contribution >= 0.6 is 0 Å². The van der Waals surface area contributed by atoms with Crippen molar-refractivity contribution in [3.63, 3.8) is 0 Å². The molecule has 1 atom stereocenters. The Kier molecular flexibility index (Phi) is 9.48. The van der Waals surface area contributed by atoms with Crippen LogP contribution in [0.4, 0.5) is 0 Å². The van der Waals surface area contributed by atoms with Crippen molar-refractivity contribution in [1.29, 1.82) is 0 Å². The molecule has 0 fully saturated rings. The Hall–Kier alpha value is -1.63. The highest BCUT2D eigenvalue weighted by molar-refractivity contribution is 5.86. The Morgan fingerprint density at radius 1 is 1.04 bits per heavy atom. The van der Waals surface area contributed by atoms with Gasteiger partial charge in [-0.25, -0.2) is 4.79 Å². The molecular weight excluding hydrogens is 300 g/mol. The standard InChI is InChI=1S/C16H30N2O5/c1-11(2)7-8-22-12(3)15(21)23-10-14(20)17-9-13(19)18-16(4,5)6/h11-12H,7-10H2,1-6H3,(H,17,20)(H,18,19). The zero-order valence-electron chi connectivity index (χ0n) is 15.0. The molecule has 0 aliphatic heterocycles. The lowest BCUT2D eigenvalue weighted by Crippen LogP contribution is -2.46. The van der Waals surface area contributed by atoms with Crippen LogP contribution in [0.1, 0.15) is 48.0 Å². The third-order valence-electron chi connectivity index (χ3n) is 2.70. The summed E-state index contributed by atoms with van der Waals surface area (Å²) in [7, 11) is 0. The molecule has 0 heterocycles. The van der Waals surface area contributed by atoms with E-state index in [2.05, 4.69) is 24.5 Å². The van der Waals surface area contributed by atoms with Crippen LogP contribution in [0.5, 0.6) is 0 Å². The van der Waals surface area contributed by atoms with Gasteiger partial charge in [-0.3, -0.25) is 9.59 Å². The molecule has 7 nitrogen and oxygen atoms in total. The molecule has 0 aromatic rings. The average Bonchev–Trinajstić information content (AvgIpc) is 2.40. The largest absolute Gasteiger partial charge is 0.454 e. The lowest BCUT2D eigenvalue weighted by atomic mass is 10.1. The molecule has 0 aliphatic carbocycles. The monoisotopic (exact) mass is 330 g/mol. The second-order valence-corrected chi connectivity index (χ2v) is 6.88. The van der Waals surface area contributed by atoms with Crippen LogP contribution < -0.4 is 10.6 Å². The van der Waals surface area contributed by atoms with Crippen LogP contribution in [-0.4, -0.2) is 49.2 Å². The van der Waals surface area contributed by atoms with E-state index in [1.165, 1.54) is 0 Å². The highest BCUT2D eigenvalue weighted by Crippen LogP contribution is 2.02. The van der Waals surface area contributed by atoms with Crippen LogP contribution in [-0.2, 0) is 23.9 Å². The lowest BCUT2D eigenvalue weighted by Gasteiger charge is -2.20. The van der Waals surface area contributed by atoms with Crippen molar-refractivity contribution in [2.75, 3.05) is 19.8 Å². The predicted octanol–water partition coefficient (Wildman–Crippen LogP) is 1.01. The van der Waals surface area contributed by atoms with Gasteiger partial charge in [0.05, 0.1) is 6.54 Å². The fourth-order valence-electron chi connectivity index (χ4n) is 1.49. The van der Waals surface area contributed by atoms with Gasteiger partial charge >= 0.3 is 5.97 Å². The van der Waals surface area contributed by atoms with Gasteiger partial charge in [-0.1, -0.05) is 13.8 Å². The molecule has 7 heteroatoms. The summed E-state index contributed by atoms with van der Waals surface area (Å²) in [4.78, 5) is 34.7. The molecule has 0 saturated heterocycles. The Labute approximate surface area is 138 Å². The number of hydrogen-bond donors (Lipinski definition) is 2. The van der Waals surface area contributed by atoms with Crippen molar-refractivity contribution in [2.45, 2.75) is 59.6 Å². The van der Waals surface area contributed by atoms with Gasteiger partial charge < -0.3 is 20.1 Å². The molecule has 0 saturated carbocycles. The molecule has 0 aromatic heterocycles. The fraction of sp³-hybridized carbons (Fsp3) is 0.812. The van der Waals surface area contributed by atoms with E-state index in [4.69, 9.17) is 9.47 Å². The molecule has 0 radical (unpaired) electrons. The highest BCUT2D eigenvalue weighted by Gasteiger charge is 2.18. The molecule has 2 N–H and O–H groups in total. The molecule has 1 unspecified atom stereocenters. The molecule has 0 aliphatic rings. The number of carbonyl (C=O) groups is 3. The summed E-state index contributed by atoms with van der Waals surface area (Å²) in [6.45, 7) is 11.1. The summed E-state index contributed by atoms with van der Waals surface area (Å²) in [5.74, 6) is -0.939. The van der Waals surface area contributed by atoms with Crippen LogP contribution in [0.2, 0.25) is 0 Å². The minimum Gasteiger partial charge on any atom is -0.454 e. The fourth-order valence-corrected chi connectivity index (χ4v) is 1.49. The minimum absolute atomic E-state index is 0.159. The van der Waals surface area contributed by atoms with Gasteiger partial charge in [0, 0.05) is 12.1 Å². The van der Waals surface area contributed by atoms with E-state index in [1.807, 2.05) is 20.8 Å². The van der Waals surface area contributed by atoms with Crippen LogP contribution in [0.3, 0.4) is 0 Å². The molecule has 23 heavy (non-hydrogen) atoms. The van der Waals surface area contributed by atoms with E-state index in [-0.39, 0.29) is 18.0 Å². The first-order chi connectivity index (χ1) is 10.5. The number of hydrogen-bond acceptors (Lipinski definition) is 5. The van der Waals surface area contributed by atoms with Gasteiger partial charge in [0.1, 0.15) is 0 Å². The van der Waals surface area contributed by atoms with E-state index in [9.17, 15) is 14.4 Å². The van der Waals surface area contributed by atoms with Crippen molar-refractivity contribution in [3.05, 3.63) is 0 Å². The molecule has 0 spiro atoms. The van der Waals surface area contributed by atoms with Gasteiger partial charge in [-0.15, -0.1) is 0 Å². The molecule has 0 rings (SSSR count). The molecular formula is C16H30N2O5. The summed E-state index contributed by atoms with van der Waals surface area (Å²) in [6, 6.07) is 0. The minimum atomic E-state index is -0.717. The molecule has 134 valence electrons. The molecule has 0 bridgehead atoms. The summed E-state index contributed by atoms with van der Waals surface area (Å²) < 4.78 is 10.2. The van der Waals surface area contributed by atoms with E-state index >= 15 is 0 Å². The Balaban J connectivity index is 3.91. The third kappa shape index (κ3) is 12.6. The van der Waals surface area contributed by atoms with Gasteiger partial charge in [-0.05, 0) is 40.0 Å². The summed E-state index contributed by atoms with van der Waals surface area (Å²) in [5, 5.41) is 5.10. The van der Waals surface area contributed by atoms with E-state index in [0.717, 1.165) is 6.42 Å². The maximum absolute atomic E-state index is 11.6. The Bertz CT molecular complexity index is 402. The summed E-state index contributed by atoms with van der Waals surface area (Å²) >= 11 is 0. The zero-order chi connectivity index (χ0) is 18.0. The normalized spacial score (nSPS) is 12.7. The lowest BCUT2D eigenvalue weighted by molar-refractivity contribution is -0.159. The van der Waals surface area contributed by atoms with Gasteiger partial charge in [0.25, 0.3) is 5.91 Å². The second-order valence-electron chi connectivity index (χ2n) is 6.88. The van der Waals surface area contributed by atoms with Gasteiger partial charge in [0.2, 0.25) is 5.91 Å². The van der Waals surface area contributed by atoms with Gasteiger partial charge in [0.15, 0.2) is 12.7 Å². The second kappa shape index (κ2) is 10.2. The topological polar surface area (TPSA) is 93.7 Å². The number of rotatable bonds is 9. The van der Waals surface area contributed by atoms with E-state index in [0.29, 0.717) is 12.5 Å². The Morgan fingerprint density at radius 2 is 1.65 bits per heavy atom. The van der Waals surface area contributed by atoms with Crippen molar-refractivity contribution in [3.8, 4) is 0 Å². The first-order valence-electron chi connectivity index (χ1n) is 7.87. The number of carbonyl (C=O) groups excluding carboxylic acids is 3.